The van der Waals surface area contributed by atoms with E-state index >= 15 is 0 Å². The van der Waals surface area contributed by atoms with Crippen LogP contribution in [0.3, 0.4) is 0 Å². The second kappa shape index (κ2) is 7.74. The second-order valence-corrected chi connectivity index (χ2v) is 7.64. The summed E-state index contributed by atoms with van der Waals surface area (Å²) in [6.07, 6.45) is 2.21. The lowest BCUT2D eigenvalue weighted by atomic mass is 9.85. The number of unbranched alkanes of at least 4 members (excludes halogenated alkanes) is 1. The van der Waals surface area contributed by atoms with Crippen LogP contribution in [0.5, 0.6) is 0 Å². The van der Waals surface area contributed by atoms with Crippen molar-refractivity contribution in [3.8, 4) is 0 Å². The van der Waals surface area contributed by atoms with Gasteiger partial charge in [0.15, 0.2) is 0 Å². The smallest absolute Gasteiger partial charge is 0.319 e. The van der Waals surface area contributed by atoms with Crippen LogP contribution < -0.4 is 10.9 Å². The summed E-state index contributed by atoms with van der Waals surface area (Å²) >= 11 is 0. The van der Waals surface area contributed by atoms with Crippen molar-refractivity contribution in [1.29, 1.82) is 0 Å². The summed E-state index contributed by atoms with van der Waals surface area (Å²) in [6.45, 7) is 3.83. The fourth-order valence-electron chi connectivity index (χ4n) is 4.05. The van der Waals surface area contributed by atoms with Gasteiger partial charge in [0.05, 0.1) is 12.2 Å². The number of imide groups is 1. The van der Waals surface area contributed by atoms with Crippen molar-refractivity contribution < 1.29 is 9.59 Å². The Labute approximate surface area is 174 Å². The number of nitrogens with zero attached hydrogens (tertiary/aromatic N) is 3. The van der Waals surface area contributed by atoms with Crippen LogP contribution in [0.2, 0.25) is 0 Å². The molecular formula is C23H24N4O3. The second-order valence-electron chi connectivity index (χ2n) is 7.64. The molecule has 0 aliphatic carbocycles. The van der Waals surface area contributed by atoms with Crippen LogP contribution in [0.4, 0.5) is 4.79 Å². The van der Waals surface area contributed by atoms with Crippen molar-refractivity contribution in [1.82, 2.24) is 19.6 Å². The zero-order valence-corrected chi connectivity index (χ0v) is 17.1. The lowest BCUT2D eigenvalue weighted by Crippen LogP contribution is -2.44. The number of amides is 3. The molecule has 3 heterocycles. The molecule has 1 atom stereocenters. The highest BCUT2D eigenvalue weighted by Gasteiger charge is 2.51. The first kappa shape index (κ1) is 19.8. The van der Waals surface area contributed by atoms with Crippen LogP contribution in [-0.4, -0.2) is 26.2 Å². The molecule has 1 fully saturated rings. The molecule has 30 heavy (non-hydrogen) atoms. The van der Waals surface area contributed by atoms with Crippen molar-refractivity contribution >= 4 is 17.6 Å². The van der Waals surface area contributed by atoms with Crippen LogP contribution in [-0.2, 0) is 16.9 Å². The summed E-state index contributed by atoms with van der Waals surface area (Å²) in [4.78, 5) is 44.5. The first-order chi connectivity index (χ1) is 14.5. The molecule has 0 bridgehead atoms. The molecule has 154 valence electrons. The van der Waals surface area contributed by atoms with Crippen molar-refractivity contribution in [3.05, 3.63) is 81.9 Å². The first-order valence-electron chi connectivity index (χ1n) is 10.1. The maximum Gasteiger partial charge on any atom is 0.325 e. The van der Waals surface area contributed by atoms with E-state index in [2.05, 4.69) is 10.3 Å². The number of hydrogen-bond donors (Lipinski definition) is 1. The van der Waals surface area contributed by atoms with Crippen LogP contribution >= 0.6 is 0 Å². The maximum atomic E-state index is 13.5. The van der Waals surface area contributed by atoms with E-state index in [0.717, 1.165) is 29.0 Å². The van der Waals surface area contributed by atoms with E-state index in [0.29, 0.717) is 17.8 Å². The Hall–Kier alpha value is -3.48. The molecule has 4 rings (SSSR count). The molecule has 1 aliphatic rings. The van der Waals surface area contributed by atoms with Gasteiger partial charge in [0, 0.05) is 11.8 Å². The third-order valence-corrected chi connectivity index (χ3v) is 5.60. The molecule has 1 unspecified atom stereocenters. The lowest BCUT2D eigenvalue weighted by molar-refractivity contribution is -0.132. The van der Waals surface area contributed by atoms with E-state index in [-0.39, 0.29) is 18.0 Å². The number of aryl methyl sites for hydroxylation is 1. The van der Waals surface area contributed by atoms with Gasteiger partial charge in [0.1, 0.15) is 11.2 Å². The number of benzene rings is 1. The lowest BCUT2D eigenvalue weighted by Gasteiger charge is -2.27. The molecule has 0 saturated carbocycles. The van der Waals surface area contributed by atoms with Gasteiger partial charge in [0.2, 0.25) is 0 Å². The van der Waals surface area contributed by atoms with Crippen molar-refractivity contribution in [2.24, 2.45) is 0 Å². The molecule has 2 aromatic heterocycles. The van der Waals surface area contributed by atoms with Crippen molar-refractivity contribution in [2.45, 2.75) is 45.2 Å². The number of urea groups is 1. The minimum Gasteiger partial charge on any atom is -0.319 e. The van der Waals surface area contributed by atoms with Crippen LogP contribution in [0.1, 0.15) is 43.1 Å². The van der Waals surface area contributed by atoms with Crippen LogP contribution in [0, 0.1) is 6.92 Å². The summed E-state index contributed by atoms with van der Waals surface area (Å²) in [5.74, 6) is -0.307. The zero-order chi connectivity index (χ0) is 21.3. The van der Waals surface area contributed by atoms with E-state index in [9.17, 15) is 14.4 Å². The fraction of sp³-hybridized carbons (Fsp3) is 0.304. The molecule has 1 aliphatic heterocycles. The minimum atomic E-state index is -1.09. The normalized spacial score (nSPS) is 18.8. The number of hydrogen-bond acceptors (Lipinski definition) is 4. The third kappa shape index (κ3) is 3.26. The SMILES string of the molecule is CCCCC1(c2ccccc2)NC(=O)N(Cc2cc(=O)n3c(C)cccc3n2)C1=O. The number of nitrogens with one attached hydrogen (secondary N) is 1. The highest BCUT2D eigenvalue weighted by molar-refractivity contribution is 6.07. The van der Waals surface area contributed by atoms with Gasteiger partial charge in [-0.05, 0) is 31.0 Å². The number of aromatic nitrogens is 2. The van der Waals surface area contributed by atoms with Gasteiger partial charge in [-0.2, -0.15) is 0 Å². The summed E-state index contributed by atoms with van der Waals surface area (Å²) in [6, 6.07) is 15.6. The van der Waals surface area contributed by atoms with Gasteiger partial charge >= 0.3 is 6.03 Å². The van der Waals surface area contributed by atoms with Crippen molar-refractivity contribution in [2.75, 3.05) is 0 Å². The average molecular weight is 404 g/mol. The number of pyridine rings is 1. The van der Waals surface area contributed by atoms with E-state index in [4.69, 9.17) is 0 Å². The standard InChI is InChI=1S/C23H24N4O3/c1-3-4-13-23(17-10-6-5-7-11-17)21(29)26(22(30)25-23)15-18-14-20(28)27-16(2)9-8-12-19(27)24-18/h5-12,14H,3-4,13,15H2,1-2H3,(H,25,30). The molecule has 7 heteroatoms. The molecule has 7 nitrogen and oxygen atoms in total. The highest BCUT2D eigenvalue weighted by Crippen LogP contribution is 2.34. The molecule has 1 aromatic carbocycles. The molecular weight excluding hydrogens is 380 g/mol. The molecule has 1 N–H and O–H groups in total. The minimum absolute atomic E-state index is 0.0505. The predicted molar refractivity (Wildman–Crippen MR) is 113 cm³/mol. The highest BCUT2D eigenvalue weighted by atomic mass is 16.2. The van der Waals surface area contributed by atoms with Gasteiger partial charge in [-0.1, -0.05) is 56.2 Å². The molecule has 3 amide bonds. The number of rotatable bonds is 6. The van der Waals surface area contributed by atoms with E-state index < -0.39 is 11.6 Å². The Morgan fingerprint density at radius 2 is 1.80 bits per heavy atom. The van der Waals surface area contributed by atoms with Gasteiger partial charge in [0.25, 0.3) is 11.5 Å². The Morgan fingerprint density at radius 1 is 1.03 bits per heavy atom. The van der Waals surface area contributed by atoms with Crippen LogP contribution in [0.15, 0.2) is 59.4 Å². The first-order valence-corrected chi connectivity index (χ1v) is 10.1. The van der Waals surface area contributed by atoms with Crippen molar-refractivity contribution in [3.63, 3.8) is 0 Å². The zero-order valence-electron chi connectivity index (χ0n) is 17.1. The third-order valence-electron chi connectivity index (χ3n) is 5.60. The monoisotopic (exact) mass is 404 g/mol. The Morgan fingerprint density at radius 3 is 2.53 bits per heavy atom. The Bertz CT molecular complexity index is 1170. The van der Waals surface area contributed by atoms with Gasteiger partial charge < -0.3 is 5.32 Å². The summed E-state index contributed by atoms with van der Waals surface area (Å²) in [7, 11) is 0. The van der Waals surface area contributed by atoms with Gasteiger partial charge in [-0.25, -0.2) is 9.78 Å². The number of carbonyl (C=O) groups excluding carboxylic acids is 2. The Kier molecular flexibility index (Phi) is 5.11. The predicted octanol–water partition coefficient (Wildman–Crippen LogP) is 3.14. The average Bonchev–Trinajstić information content (AvgIpc) is 2.98. The summed E-state index contributed by atoms with van der Waals surface area (Å²) < 4.78 is 1.50. The quantitative estimate of drug-likeness (QED) is 0.640. The van der Waals surface area contributed by atoms with Gasteiger partial charge in [-0.15, -0.1) is 0 Å². The van der Waals surface area contributed by atoms with E-state index in [1.165, 1.54) is 10.5 Å². The van der Waals surface area contributed by atoms with E-state index in [1.807, 2.05) is 56.3 Å². The summed E-state index contributed by atoms with van der Waals surface area (Å²) in [5.41, 5.74) is 1.09. The maximum absolute atomic E-state index is 13.5. The summed E-state index contributed by atoms with van der Waals surface area (Å²) in [5, 5.41) is 2.93. The molecule has 0 spiro atoms. The van der Waals surface area contributed by atoms with E-state index in [1.54, 1.807) is 6.07 Å². The molecule has 0 radical (unpaired) electrons. The molecule has 1 saturated heterocycles. The largest absolute Gasteiger partial charge is 0.325 e. The molecule has 3 aromatic rings. The Balaban J connectivity index is 1.70. The van der Waals surface area contributed by atoms with Gasteiger partial charge in [-0.3, -0.25) is 18.9 Å². The topological polar surface area (TPSA) is 83.8 Å². The fourth-order valence-corrected chi connectivity index (χ4v) is 4.05. The van der Waals surface area contributed by atoms with Crippen LogP contribution in [0.25, 0.3) is 5.65 Å². The number of fused-ring (bicyclic) bond motifs is 1. The number of carbonyl (C=O) groups is 2.